The summed E-state index contributed by atoms with van der Waals surface area (Å²) < 4.78 is 9.07. The fourth-order valence-electron chi connectivity index (χ4n) is 4.67. The van der Waals surface area contributed by atoms with Gasteiger partial charge in [0.25, 0.3) is 5.91 Å². The van der Waals surface area contributed by atoms with E-state index in [0.29, 0.717) is 22.8 Å². The van der Waals surface area contributed by atoms with Gasteiger partial charge in [0.15, 0.2) is 11.5 Å². The van der Waals surface area contributed by atoms with E-state index in [9.17, 15) is 9.59 Å². The van der Waals surface area contributed by atoms with Crippen molar-refractivity contribution in [1.29, 1.82) is 0 Å². The van der Waals surface area contributed by atoms with E-state index in [4.69, 9.17) is 9.84 Å². The van der Waals surface area contributed by atoms with Crippen molar-refractivity contribution in [3.05, 3.63) is 48.4 Å². The molecule has 1 saturated carbocycles. The Morgan fingerprint density at radius 2 is 2.00 bits per heavy atom. The quantitative estimate of drug-likeness (QED) is 0.489. The molecule has 0 atom stereocenters. The molecule has 1 aromatic carbocycles. The van der Waals surface area contributed by atoms with Gasteiger partial charge in [0.2, 0.25) is 5.91 Å². The van der Waals surface area contributed by atoms with Crippen molar-refractivity contribution in [3.8, 4) is 5.75 Å². The second kappa shape index (κ2) is 8.77. The fraction of sp³-hybridized carbons (Fsp3) is 0.375. The lowest BCUT2D eigenvalue weighted by Gasteiger charge is -2.34. The first-order chi connectivity index (χ1) is 16.4. The van der Waals surface area contributed by atoms with E-state index in [1.54, 1.807) is 42.0 Å². The highest BCUT2D eigenvalue weighted by molar-refractivity contribution is 6.08. The SMILES string of the molecule is COc1cc2nn([C@H]3CC[C@@H](N(C)C(C)=O)CC3)cc2cc1C(=O)Nc1cnc2cccnn12. The largest absolute Gasteiger partial charge is 0.496 e. The van der Waals surface area contributed by atoms with Gasteiger partial charge >= 0.3 is 0 Å². The lowest BCUT2D eigenvalue weighted by atomic mass is 9.90. The average Bonchev–Trinajstić information content (AvgIpc) is 3.46. The maximum Gasteiger partial charge on any atom is 0.260 e. The monoisotopic (exact) mass is 461 g/mol. The second-order valence-electron chi connectivity index (χ2n) is 8.70. The molecule has 2 amide bonds. The zero-order chi connectivity index (χ0) is 23.8. The van der Waals surface area contributed by atoms with Crippen LogP contribution in [0.25, 0.3) is 16.6 Å². The molecule has 0 radical (unpaired) electrons. The Kier molecular flexibility index (Phi) is 5.64. The van der Waals surface area contributed by atoms with Gasteiger partial charge in [-0.05, 0) is 43.9 Å². The number of nitrogens with one attached hydrogen (secondary N) is 1. The smallest absolute Gasteiger partial charge is 0.260 e. The van der Waals surface area contributed by atoms with Crippen molar-refractivity contribution < 1.29 is 14.3 Å². The van der Waals surface area contributed by atoms with Crippen molar-refractivity contribution in [1.82, 2.24) is 29.3 Å². The Morgan fingerprint density at radius 3 is 2.74 bits per heavy atom. The van der Waals surface area contributed by atoms with Gasteiger partial charge in [0, 0.05) is 43.9 Å². The number of methoxy groups -OCH3 is 1. The number of carbonyl (C=O) groups excluding carboxylic acids is 2. The number of aromatic nitrogens is 5. The van der Waals surface area contributed by atoms with Crippen LogP contribution in [0.4, 0.5) is 5.82 Å². The predicted molar refractivity (Wildman–Crippen MR) is 127 cm³/mol. The number of imidazole rings is 1. The molecule has 0 saturated heterocycles. The normalized spacial score (nSPS) is 18.2. The molecule has 1 aliphatic rings. The topological polar surface area (TPSA) is 107 Å². The van der Waals surface area contributed by atoms with E-state index in [0.717, 1.165) is 36.6 Å². The predicted octanol–water partition coefficient (Wildman–Crippen LogP) is 3.30. The molecular formula is C24H27N7O3. The minimum absolute atomic E-state index is 0.103. The van der Waals surface area contributed by atoms with Gasteiger partial charge < -0.3 is 15.0 Å². The number of anilines is 1. The average molecular weight is 462 g/mol. The van der Waals surface area contributed by atoms with Crippen LogP contribution < -0.4 is 10.1 Å². The first kappa shape index (κ1) is 21.9. The number of benzene rings is 1. The molecule has 34 heavy (non-hydrogen) atoms. The Hall–Kier alpha value is -3.95. The van der Waals surface area contributed by atoms with Crippen LogP contribution in [-0.2, 0) is 4.79 Å². The van der Waals surface area contributed by atoms with Gasteiger partial charge in [0.1, 0.15) is 5.75 Å². The molecule has 0 unspecified atom stereocenters. The third-order valence-electron chi connectivity index (χ3n) is 6.69. The number of nitrogens with zero attached hydrogens (tertiary/aromatic N) is 6. The van der Waals surface area contributed by atoms with Crippen molar-refractivity contribution in [2.75, 3.05) is 19.5 Å². The summed E-state index contributed by atoms with van der Waals surface area (Å²) in [6, 6.07) is 7.74. The van der Waals surface area contributed by atoms with Crippen LogP contribution in [0.1, 0.15) is 49.0 Å². The number of rotatable bonds is 5. The Labute approximate surface area is 196 Å². The fourth-order valence-corrected chi connectivity index (χ4v) is 4.67. The van der Waals surface area contributed by atoms with Crippen molar-refractivity contribution >= 4 is 34.2 Å². The lowest BCUT2D eigenvalue weighted by Crippen LogP contribution is -2.38. The number of hydrogen-bond acceptors (Lipinski definition) is 6. The Balaban J connectivity index is 1.38. The molecule has 10 nitrogen and oxygen atoms in total. The van der Waals surface area contributed by atoms with Gasteiger partial charge in [-0.25, -0.2) is 4.98 Å². The summed E-state index contributed by atoms with van der Waals surface area (Å²) in [4.78, 5) is 30.9. The molecule has 1 aliphatic carbocycles. The maximum absolute atomic E-state index is 13.1. The molecule has 176 valence electrons. The summed E-state index contributed by atoms with van der Waals surface area (Å²) in [5.74, 6) is 0.715. The third-order valence-corrected chi connectivity index (χ3v) is 6.69. The van der Waals surface area contributed by atoms with Gasteiger partial charge in [-0.15, -0.1) is 0 Å². The number of hydrogen-bond donors (Lipinski definition) is 1. The number of amides is 2. The van der Waals surface area contributed by atoms with Gasteiger partial charge in [-0.1, -0.05) is 0 Å². The summed E-state index contributed by atoms with van der Waals surface area (Å²) in [6.07, 6.45) is 8.98. The third kappa shape index (κ3) is 3.95. The summed E-state index contributed by atoms with van der Waals surface area (Å²) in [5, 5.41) is 12.7. The minimum atomic E-state index is -0.313. The molecule has 3 heterocycles. The van der Waals surface area contributed by atoms with Crippen molar-refractivity contribution in [2.45, 2.75) is 44.7 Å². The Bertz CT molecular complexity index is 1370. The Morgan fingerprint density at radius 1 is 1.21 bits per heavy atom. The van der Waals surface area contributed by atoms with Crippen LogP contribution in [0, 0.1) is 0 Å². The number of fused-ring (bicyclic) bond motifs is 2. The number of ether oxygens (including phenoxy) is 1. The molecule has 1 fully saturated rings. The van der Waals surface area contributed by atoms with Crippen LogP contribution in [0.2, 0.25) is 0 Å². The molecule has 0 spiro atoms. The zero-order valence-electron chi connectivity index (χ0n) is 19.4. The highest BCUT2D eigenvalue weighted by Crippen LogP contribution is 2.33. The van der Waals surface area contributed by atoms with Crippen LogP contribution in [0.5, 0.6) is 5.75 Å². The standard InChI is InChI=1S/C24H27N7O3/c1-15(32)29(2)17-6-8-18(9-7-17)30-14-16-11-19(21(34-3)12-20(16)28-30)24(33)27-23-13-25-22-5-4-10-26-31(22)23/h4-5,10-14,17-18H,6-9H2,1-3H3,(H,27,33)/t17-,18+. The summed E-state index contributed by atoms with van der Waals surface area (Å²) in [5.41, 5.74) is 1.82. The lowest BCUT2D eigenvalue weighted by molar-refractivity contribution is -0.130. The molecule has 10 heteroatoms. The molecule has 5 rings (SSSR count). The highest BCUT2D eigenvalue weighted by Gasteiger charge is 2.27. The molecular weight excluding hydrogens is 434 g/mol. The van der Waals surface area contributed by atoms with E-state index in [1.807, 2.05) is 28.9 Å². The van der Waals surface area contributed by atoms with Crippen molar-refractivity contribution in [2.24, 2.45) is 0 Å². The zero-order valence-corrected chi connectivity index (χ0v) is 19.4. The van der Waals surface area contributed by atoms with Crippen LogP contribution in [0.3, 0.4) is 0 Å². The molecule has 0 bridgehead atoms. The molecule has 4 aromatic rings. The van der Waals surface area contributed by atoms with E-state index in [-0.39, 0.29) is 23.9 Å². The highest BCUT2D eigenvalue weighted by atomic mass is 16.5. The summed E-state index contributed by atoms with van der Waals surface area (Å²) >= 11 is 0. The molecule has 1 N–H and O–H groups in total. The van der Waals surface area contributed by atoms with E-state index >= 15 is 0 Å². The van der Waals surface area contributed by atoms with E-state index < -0.39 is 0 Å². The second-order valence-corrected chi connectivity index (χ2v) is 8.70. The van der Waals surface area contributed by atoms with Gasteiger partial charge in [-0.3, -0.25) is 14.3 Å². The minimum Gasteiger partial charge on any atom is -0.496 e. The maximum atomic E-state index is 13.1. The first-order valence-corrected chi connectivity index (χ1v) is 11.3. The van der Waals surface area contributed by atoms with Crippen LogP contribution in [-0.4, -0.2) is 61.3 Å². The molecule has 0 aliphatic heterocycles. The van der Waals surface area contributed by atoms with E-state index in [2.05, 4.69) is 15.4 Å². The first-order valence-electron chi connectivity index (χ1n) is 11.3. The summed E-state index contributed by atoms with van der Waals surface area (Å²) in [7, 11) is 3.41. The summed E-state index contributed by atoms with van der Waals surface area (Å²) in [6.45, 7) is 1.61. The van der Waals surface area contributed by atoms with Crippen molar-refractivity contribution in [3.63, 3.8) is 0 Å². The number of carbonyl (C=O) groups is 2. The van der Waals surface area contributed by atoms with Crippen LogP contribution >= 0.6 is 0 Å². The van der Waals surface area contributed by atoms with Gasteiger partial charge in [-0.2, -0.15) is 14.7 Å². The molecule has 3 aromatic heterocycles. The van der Waals surface area contributed by atoms with E-state index in [1.165, 1.54) is 7.11 Å². The van der Waals surface area contributed by atoms with Crippen LogP contribution in [0.15, 0.2) is 42.9 Å². The van der Waals surface area contributed by atoms with Gasteiger partial charge in [0.05, 0.1) is 30.4 Å².